The maximum atomic E-state index is 5.90. The Kier molecular flexibility index (Phi) is 3.37. The second-order valence-corrected chi connectivity index (χ2v) is 3.81. The molecule has 82 valence electrons. The zero-order valence-electron chi connectivity index (χ0n) is 8.85. The van der Waals surface area contributed by atoms with Crippen molar-refractivity contribution < 1.29 is 4.74 Å². The zero-order chi connectivity index (χ0) is 11.4. The third kappa shape index (κ3) is 2.70. The Morgan fingerprint density at radius 1 is 1.19 bits per heavy atom. The Labute approximate surface area is 99.0 Å². The Bertz CT molecular complexity index is 471. The summed E-state index contributed by atoms with van der Waals surface area (Å²) in [4.78, 5) is 0. The fourth-order valence-corrected chi connectivity index (χ4v) is 1.62. The standard InChI is InChI=1S/C12H11ClN2O/c1-16-12-6-5-11(14-15-12)8-9-3-2-4-10(13)7-9/h2-7H,8H2,1H3. The van der Waals surface area contributed by atoms with Crippen molar-refractivity contribution in [2.24, 2.45) is 0 Å². The van der Waals surface area contributed by atoms with E-state index < -0.39 is 0 Å². The summed E-state index contributed by atoms with van der Waals surface area (Å²) in [6, 6.07) is 11.4. The van der Waals surface area contributed by atoms with Crippen molar-refractivity contribution >= 4 is 11.6 Å². The van der Waals surface area contributed by atoms with Crippen molar-refractivity contribution in [2.45, 2.75) is 6.42 Å². The van der Waals surface area contributed by atoms with E-state index >= 15 is 0 Å². The van der Waals surface area contributed by atoms with Crippen LogP contribution >= 0.6 is 11.6 Å². The number of benzene rings is 1. The molecule has 2 rings (SSSR count). The predicted molar refractivity (Wildman–Crippen MR) is 62.8 cm³/mol. The summed E-state index contributed by atoms with van der Waals surface area (Å²) in [5.41, 5.74) is 2.01. The lowest BCUT2D eigenvalue weighted by molar-refractivity contribution is 0.391. The quantitative estimate of drug-likeness (QED) is 0.819. The van der Waals surface area contributed by atoms with E-state index in [4.69, 9.17) is 16.3 Å². The minimum absolute atomic E-state index is 0.523. The minimum atomic E-state index is 0.523. The Morgan fingerprint density at radius 2 is 2.06 bits per heavy atom. The Hall–Kier alpha value is -1.61. The van der Waals surface area contributed by atoms with Gasteiger partial charge in [0, 0.05) is 17.5 Å². The minimum Gasteiger partial charge on any atom is -0.480 e. The van der Waals surface area contributed by atoms with Crippen molar-refractivity contribution in [2.75, 3.05) is 7.11 Å². The first-order valence-corrected chi connectivity index (χ1v) is 5.27. The molecule has 3 nitrogen and oxygen atoms in total. The van der Waals surface area contributed by atoms with Gasteiger partial charge in [-0.1, -0.05) is 23.7 Å². The molecule has 0 aliphatic carbocycles. The molecule has 1 heterocycles. The van der Waals surface area contributed by atoms with Gasteiger partial charge in [-0.2, -0.15) is 5.10 Å². The van der Waals surface area contributed by atoms with Crippen LogP contribution in [0, 0.1) is 0 Å². The second kappa shape index (κ2) is 4.94. The average molecular weight is 235 g/mol. The van der Waals surface area contributed by atoms with Gasteiger partial charge in [0.15, 0.2) is 0 Å². The van der Waals surface area contributed by atoms with Crippen molar-refractivity contribution in [1.29, 1.82) is 0 Å². The smallest absolute Gasteiger partial charge is 0.233 e. The molecule has 0 fully saturated rings. The largest absolute Gasteiger partial charge is 0.480 e. The summed E-state index contributed by atoms with van der Waals surface area (Å²) < 4.78 is 4.94. The number of aromatic nitrogens is 2. The fourth-order valence-electron chi connectivity index (χ4n) is 1.41. The number of nitrogens with zero attached hydrogens (tertiary/aromatic N) is 2. The highest BCUT2D eigenvalue weighted by Crippen LogP contribution is 2.14. The van der Waals surface area contributed by atoms with Gasteiger partial charge >= 0.3 is 0 Å². The molecule has 1 aromatic carbocycles. The summed E-state index contributed by atoms with van der Waals surface area (Å²) >= 11 is 5.90. The van der Waals surface area contributed by atoms with Crippen LogP contribution in [0.2, 0.25) is 5.02 Å². The number of methoxy groups -OCH3 is 1. The van der Waals surface area contributed by atoms with E-state index in [0.29, 0.717) is 5.88 Å². The van der Waals surface area contributed by atoms with Gasteiger partial charge in [-0.05, 0) is 23.8 Å². The molecule has 0 unspecified atom stereocenters. The Morgan fingerprint density at radius 3 is 2.69 bits per heavy atom. The molecule has 0 saturated carbocycles. The molecule has 16 heavy (non-hydrogen) atoms. The highest BCUT2D eigenvalue weighted by molar-refractivity contribution is 6.30. The normalized spacial score (nSPS) is 10.1. The highest BCUT2D eigenvalue weighted by atomic mass is 35.5. The first-order valence-electron chi connectivity index (χ1n) is 4.89. The lowest BCUT2D eigenvalue weighted by Crippen LogP contribution is -1.96. The zero-order valence-corrected chi connectivity index (χ0v) is 9.61. The van der Waals surface area contributed by atoms with E-state index in [1.54, 1.807) is 13.2 Å². The van der Waals surface area contributed by atoms with E-state index in [1.807, 2.05) is 30.3 Å². The molecule has 4 heteroatoms. The van der Waals surface area contributed by atoms with Crippen LogP contribution in [0.3, 0.4) is 0 Å². The number of hydrogen-bond acceptors (Lipinski definition) is 3. The van der Waals surface area contributed by atoms with Gasteiger partial charge in [0.05, 0.1) is 12.8 Å². The van der Waals surface area contributed by atoms with E-state index in [-0.39, 0.29) is 0 Å². The lowest BCUT2D eigenvalue weighted by atomic mass is 10.1. The first-order chi connectivity index (χ1) is 7.78. The maximum absolute atomic E-state index is 5.90. The molecule has 1 aromatic heterocycles. The second-order valence-electron chi connectivity index (χ2n) is 3.37. The highest BCUT2D eigenvalue weighted by Gasteiger charge is 2.00. The van der Waals surface area contributed by atoms with E-state index in [0.717, 1.165) is 22.7 Å². The van der Waals surface area contributed by atoms with Gasteiger partial charge in [0.1, 0.15) is 0 Å². The summed E-state index contributed by atoms with van der Waals surface area (Å²) in [5, 5.41) is 8.70. The van der Waals surface area contributed by atoms with Crippen LogP contribution in [0.4, 0.5) is 0 Å². The van der Waals surface area contributed by atoms with Crippen LogP contribution in [0.15, 0.2) is 36.4 Å². The number of hydrogen-bond donors (Lipinski definition) is 0. The average Bonchev–Trinajstić information content (AvgIpc) is 2.30. The van der Waals surface area contributed by atoms with Crippen molar-refractivity contribution in [3.05, 3.63) is 52.7 Å². The van der Waals surface area contributed by atoms with Crippen molar-refractivity contribution in [3.8, 4) is 5.88 Å². The summed E-state index contributed by atoms with van der Waals surface area (Å²) in [6.07, 6.45) is 0.720. The molecule has 0 spiro atoms. The fraction of sp³-hybridized carbons (Fsp3) is 0.167. The molecule has 0 saturated heterocycles. The number of halogens is 1. The first kappa shape index (κ1) is 10.9. The van der Waals surface area contributed by atoms with Gasteiger partial charge in [-0.25, -0.2) is 0 Å². The van der Waals surface area contributed by atoms with Crippen LogP contribution in [0.25, 0.3) is 0 Å². The molecule has 0 radical (unpaired) electrons. The molecule has 2 aromatic rings. The molecule has 0 bridgehead atoms. The summed E-state index contributed by atoms with van der Waals surface area (Å²) in [7, 11) is 1.57. The van der Waals surface area contributed by atoms with Crippen molar-refractivity contribution in [3.63, 3.8) is 0 Å². The van der Waals surface area contributed by atoms with Crippen LogP contribution < -0.4 is 4.74 Å². The Balaban J connectivity index is 2.14. The molecular weight excluding hydrogens is 224 g/mol. The van der Waals surface area contributed by atoms with Crippen molar-refractivity contribution in [1.82, 2.24) is 10.2 Å². The topological polar surface area (TPSA) is 35.0 Å². The third-order valence-corrected chi connectivity index (χ3v) is 2.41. The van der Waals surface area contributed by atoms with E-state index in [1.165, 1.54) is 0 Å². The van der Waals surface area contributed by atoms with Gasteiger partial charge in [0.25, 0.3) is 0 Å². The summed E-state index contributed by atoms with van der Waals surface area (Å²) in [6.45, 7) is 0. The van der Waals surface area contributed by atoms with Crippen LogP contribution in [-0.2, 0) is 6.42 Å². The molecule has 0 N–H and O–H groups in total. The van der Waals surface area contributed by atoms with Gasteiger partial charge < -0.3 is 4.74 Å². The molecule has 0 amide bonds. The van der Waals surface area contributed by atoms with E-state index in [9.17, 15) is 0 Å². The van der Waals surface area contributed by atoms with Gasteiger partial charge in [-0.3, -0.25) is 0 Å². The number of rotatable bonds is 3. The summed E-state index contributed by atoms with van der Waals surface area (Å²) in [5.74, 6) is 0.523. The molecule has 0 aliphatic rings. The van der Waals surface area contributed by atoms with Crippen LogP contribution in [0.1, 0.15) is 11.3 Å². The van der Waals surface area contributed by atoms with Crippen LogP contribution in [-0.4, -0.2) is 17.3 Å². The monoisotopic (exact) mass is 234 g/mol. The van der Waals surface area contributed by atoms with E-state index in [2.05, 4.69) is 10.2 Å². The SMILES string of the molecule is COc1ccc(Cc2cccc(Cl)c2)nn1. The third-order valence-electron chi connectivity index (χ3n) is 2.18. The van der Waals surface area contributed by atoms with Gasteiger partial charge in [-0.15, -0.1) is 5.10 Å². The maximum Gasteiger partial charge on any atom is 0.233 e. The molecule has 0 atom stereocenters. The predicted octanol–water partition coefficient (Wildman–Crippen LogP) is 2.73. The molecule has 0 aliphatic heterocycles. The molecular formula is C12H11ClN2O. The van der Waals surface area contributed by atoms with Crippen LogP contribution in [0.5, 0.6) is 5.88 Å². The lowest BCUT2D eigenvalue weighted by Gasteiger charge is -2.02. The van der Waals surface area contributed by atoms with Gasteiger partial charge in [0.2, 0.25) is 5.88 Å². The number of ether oxygens (including phenoxy) is 1.